The van der Waals surface area contributed by atoms with Gasteiger partial charge in [0.25, 0.3) is 0 Å². The molecular formula is C14H8Cl2F3NO. The van der Waals surface area contributed by atoms with Gasteiger partial charge in [-0.1, -0.05) is 35.3 Å². The Morgan fingerprint density at radius 1 is 1.00 bits per heavy atom. The molecule has 0 bridgehead atoms. The molecule has 2 aromatic rings. The first-order valence-electron chi connectivity index (χ1n) is 5.67. The Labute approximate surface area is 128 Å². The van der Waals surface area contributed by atoms with Gasteiger partial charge in [-0.15, -0.1) is 0 Å². The van der Waals surface area contributed by atoms with Gasteiger partial charge in [-0.05, 0) is 29.8 Å². The van der Waals surface area contributed by atoms with Gasteiger partial charge in [0.15, 0.2) is 5.75 Å². The summed E-state index contributed by atoms with van der Waals surface area (Å²) in [6.45, 7) is 0. The average molecular weight is 334 g/mol. The number of aromatic hydroxyl groups is 1. The third kappa shape index (κ3) is 3.89. The summed E-state index contributed by atoms with van der Waals surface area (Å²) in [5, 5.41) is 9.49. The van der Waals surface area contributed by atoms with Gasteiger partial charge in [-0.25, -0.2) is 0 Å². The van der Waals surface area contributed by atoms with E-state index >= 15 is 0 Å². The highest BCUT2D eigenvalue weighted by atomic mass is 35.5. The Morgan fingerprint density at radius 2 is 1.52 bits per heavy atom. The smallest absolute Gasteiger partial charge is 0.416 e. The zero-order chi connectivity index (χ0) is 15.6. The van der Waals surface area contributed by atoms with Crippen molar-refractivity contribution in [1.82, 2.24) is 0 Å². The number of benzene rings is 2. The van der Waals surface area contributed by atoms with Crippen LogP contribution in [0.3, 0.4) is 0 Å². The second-order valence-corrected chi connectivity index (χ2v) is 4.95. The van der Waals surface area contributed by atoms with Crippen molar-refractivity contribution in [3.05, 3.63) is 57.6 Å². The summed E-state index contributed by atoms with van der Waals surface area (Å²) in [4.78, 5) is 4.04. The quantitative estimate of drug-likeness (QED) is 0.726. The molecule has 0 saturated heterocycles. The van der Waals surface area contributed by atoms with Crippen LogP contribution in [0.15, 0.2) is 41.4 Å². The lowest BCUT2D eigenvalue weighted by atomic mass is 10.1. The van der Waals surface area contributed by atoms with Crippen molar-refractivity contribution in [2.24, 2.45) is 4.99 Å². The molecule has 0 spiro atoms. The Kier molecular flexibility index (Phi) is 4.44. The second kappa shape index (κ2) is 5.95. The topological polar surface area (TPSA) is 32.6 Å². The minimum Gasteiger partial charge on any atom is -0.505 e. The lowest BCUT2D eigenvalue weighted by molar-refractivity contribution is -0.137. The molecule has 0 aromatic heterocycles. The molecule has 0 unspecified atom stereocenters. The molecule has 2 nitrogen and oxygen atoms in total. The van der Waals surface area contributed by atoms with Gasteiger partial charge < -0.3 is 5.11 Å². The second-order valence-electron chi connectivity index (χ2n) is 4.14. The van der Waals surface area contributed by atoms with Gasteiger partial charge in [-0.3, -0.25) is 4.99 Å². The van der Waals surface area contributed by atoms with Crippen LogP contribution >= 0.6 is 23.2 Å². The Balaban J connectivity index is 2.22. The summed E-state index contributed by atoms with van der Waals surface area (Å²) in [5.41, 5.74) is 0.140. The van der Waals surface area contributed by atoms with Crippen LogP contribution in [-0.2, 0) is 6.18 Å². The van der Waals surface area contributed by atoms with E-state index in [-0.39, 0.29) is 15.8 Å². The van der Waals surface area contributed by atoms with E-state index in [0.717, 1.165) is 12.1 Å². The van der Waals surface area contributed by atoms with Crippen molar-refractivity contribution >= 4 is 35.1 Å². The molecule has 0 heterocycles. The monoisotopic (exact) mass is 333 g/mol. The minimum absolute atomic E-state index is 0.0436. The fourth-order valence-electron chi connectivity index (χ4n) is 1.53. The van der Waals surface area contributed by atoms with Gasteiger partial charge in [-0.2, -0.15) is 13.2 Å². The number of alkyl halides is 3. The predicted molar refractivity (Wildman–Crippen MR) is 76.8 cm³/mol. The third-order valence-corrected chi connectivity index (χ3v) is 3.18. The largest absolute Gasteiger partial charge is 0.505 e. The highest BCUT2D eigenvalue weighted by Crippen LogP contribution is 2.35. The maximum Gasteiger partial charge on any atom is 0.416 e. The molecular weight excluding hydrogens is 326 g/mol. The first-order chi connectivity index (χ1) is 9.77. The Bertz CT molecular complexity index is 659. The van der Waals surface area contributed by atoms with E-state index in [4.69, 9.17) is 23.2 Å². The van der Waals surface area contributed by atoms with E-state index in [0.29, 0.717) is 11.3 Å². The summed E-state index contributed by atoms with van der Waals surface area (Å²) in [6.07, 6.45) is -2.99. The van der Waals surface area contributed by atoms with Crippen LogP contribution < -0.4 is 0 Å². The fraction of sp³-hybridized carbons (Fsp3) is 0.0714. The van der Waals surface area contributed by atoms with Crippen LogP contribution in [0.1, 0.15) is 11.1 Å². The van der Waals surface area contributed by atoms with Gasteiger partial charge in [0, 0.05) is 6.21 Å². The van der Waals surface area contributed by atoms with Gasteiger partial charge in [0.05, 0.1) is 21.3 Å². The van der Waals surface area contributed by atoms with Crippen LogP contribution in [0.4, 0.5) is 18.9 Å². The number of hydrogen-bond acceptors (Lipinski definition) is 2. The molecule has 21 heavy (non-hydrogen) atoms. The van der Waals surface area contributed by atoms with Crippen LogP contribution in [0.2, 0.25) is 10.0 Å². The first-order valence-corrected chi connectivity index (χ1v) is 6.42. The highest BCUT2D eigenvalue weighted by Gasteiger charge is 2.29. The Morgan fingerprint density at radius 3 is 2.00 bits per heavy atom. The van der Waals surface area contributed by atoms with Crippen molar-refractivity contribution in [1.29, 1.82) is 0 Å². The van der Waals surface area contributed by atoms with Crippen LogP contribution in [0.5, 0.6) is 5.75 Å². The first kappa shape index (κ1) is 15.7. The van der Waals surface area contributed by atoms with Crippen molar-refractivity contribution in [3.63, 3.8) is 0 Å². The number of hydrogen-bond donors (Lipinski definition) is 1. The molecule has 110 valence electrons. The van der Waals surface area contributed by atoms with Gasteiger partial charge in [0.1, 0.15) is 0 Å². The summed E-state index contributed by atoms with van der Waals surface area (Å²) >= 11 is 11.5. The molecule has 0 saturated carbocycles. The average Bonchev–Trinajstić information content (AvgIpc) is 2.42. The molecule has 2 aromatic carbocycles. The number of rotatable bonds is 2. The molecule has 0 radical (unpaired) electrons. The van der Waals surface area contributed by atoms with E-state index in [1.807, 2.05) is 0 Å². The predicted octanol–water partition coefficient (Wildman–Crippen LogP) is 5.47. The van der Waals surface area contributed by atoms with Gasteiger partial charge in [0.2, 0.25) is 0 Å². The number of phenolic OH excluding ortho intramolecular Hbond substituents is 1. The maximum absolute atomic E-state index is 12.4. The normalized spacial score (nSPS) is 12.0. The number of phenols is 1. The van der Waals surface area contributed by atoms with Crippen molar-refractivity contribution in [2.45, 2.75) is 6.18 Å². The van der Waals surface area contributed by atoms with E-state index in [2.05, 4.69) is 4.99 Å². The molecule has 0 aliphatic carbocycles. The van der Waals surface area contributed by atoms with Crippen LogP contribution in [-0.4, -0.2) is 11.3 Å². The molecule has 0 atom stereocenters. The number of aliphatic imine (C=N–C) groups is 1. The van der Waals surface area contributed by atoms with Crippen LogP contribution in [0, 0.1) is 0 Å². The van der Waals surface area contributed by atoms with E-state index in [1.165, 1.54) is 30.5 Å². The zero-order valence-corrected chi connectivity index (χ0v) is 11.8. The molecule has 7 heteroatoms. The summed E-state index contributed by atoms with van der Waals surface area (Å²) < 4.78 is 37.2. The summed E-state index contributed by atoms with van der Waals surface area (Å²) in [5.74, 6) is -0.244. The van der Waals surface area contributed by atoms with E-state index < -0.39 is 11.7 Å². The molecule has 1 N–H and O–H groups in total. The third-order valence-electron chi connectivity index (χ3n) is 2.60. The van der Waals surface area contributed by atoms with E-state index in [1.54, 1.807) is 0 Å². The van der Waals surface area contributed by atoms with Crippen molar-refractivity contribution in [3.8, 4) is 5.75 Å². The summed E-state index contributed by atoms with van der Waals surface area (Å²) in [6, 6.07) is 7.33. The summed E-state index contributed by atoms with van der Waals surface area (Å²) in [7, 11) is 0. The lowest BCUT2D eigenvalue weighted by Gasteiger charge is -2.05. The fourth-order valence-corrected chi connectivity index (χ4v) is 2.01. The Hall–Kier alpha value is -1.72. The molecule has 2 rings (SSSR count). The number of halogens is 5. The molecule has 0 fully saturated rings. The lowest BCUT2D eigenvalue weighted by Crippen LogP contribution is -2.04. The molecule has 0 aliphatic heterocycles. The highest BCUT2D eigenvalue weighted by molar-refractivity contribution is 6.37. The van der Waals surface area contributed by atoms with Crippen molar-refractivity contribution < 1.29 is 18.3 Å². The van der Waals surface area contributed by atoms with Crippen molar-refractivity contribution in [2.75, 3.05) is 0 Å². The minimum atomic E-state index is -4.37. The van der Waals surface area contributed by atoms with Crippen LogP contribution in [0.25, 0.3) is 0 Å². The zero-order valence-electron chi connectivity index (χ0n) is 10.3. The standard InChI is InChI=1S/C14H8Cl2F3NO/c15-11-5-10(6-12(16)13(11)21)20-7-8-1-3-9(4-2-8)14(17,18)19/h1-7,21H. The van der Waals surface area contributed by atoms with E-state index in [9.17, 15) is 18.3 Å². The maximum atomic E-state index is 12.4. The van der Waals surface area contributed by atoms with Gasteiger partial charge >= 0.3 is 6.18 Å². The molecule has 0 aliphatic rings. The SMILES string of the molecule is Oc1c(Cl)cc(N=Cc2ccc(C(F)(F)F)cc2)cc1Cl. The number of nitrogens with zero attached hydrogens (tertiary/aromatic N) is 1. The molecule has 0 amide bonds.